The van der Waals surface area contributed by atoms with Gasteiger partial charge in [0.25, 0.3) is 0 Å². The van der Waals surface area contributed by atoms with Crippen LogP contribution in [0.25, 0.3) is 0 Å². The Morgan fingerprint density at radius 1 is 1.41 bits per heavy atom. The van der Waals surface area contributed by atoms with Gasteiger partial charge in [-0.25, -0.2) is 0 Å². The largest absolute Gasteiger partial charge is 0.390 e. The SMILES string of the molecule is COC1(C(O)Cc2ccc(Cl)s2)CCCCC1. The second-order valence-electron chi connectivity index (χ2n) is 4.76. The molecule has 2 nitrogen and oxygen atoms in total. The van der Waals surface area contributed by atoms with Crippen LogP contribution < -0.4 is 0 Å². The molecule has 2 rings (SSSR count). The summed E-state index contributed by atoms with van der Waals surface area (Å²) < 4.78 is 6.42. The first-order valence-corrected chi connectivity index (χ1v) is 7.33. The molecule has 1 aliphatic rings. The lowest BCUT2D eigenvalue weighted by molar-refractivity contribution is -0.122. The van der Waals surface area contributed by atoms with Gasteiger partial charge < -0.3 is 9.84 Å². The molecule has 17 heavy (non-hydrogen) atoms. The lowest BCUT2D eigenvalue weighted by Crippen LogP contribution is -2.46. The van der Waals surface area contributed by atoms with E-state index in [9.17, 15) is 5.11 Å². The van der Waals surface area contributed by atoms with Gasteiger partial charge >= 0.3 is 0 Å². The summed E-state index contributed by atoms with van der Waals surface area (Å²) in [6, 6.07) is 3.87. The Labute approximate surface area is 112 Å². The van der Waals surface area contributed by atoms with Crippen LogP contribution >= 0.6 is 22.9 Å². The third kappa shape index (κ3) is 3.02. The molecule has 0 radical (unpaired) electrons. The molecule has 1 saturated carbocycles. The quantitative estimate of drug-likeness (QED) is 0.908. The van der Waals surface area contributed by atoms with E-state index in [-0.39, 0.29) is 5.60 Å². The highest BCUT2D eigenvalue weighted by atomic mass is 35.5. The van der Waals surface area contributed by atoms with E-state index in [4.69, 9.17) is 16.3 Å². The molecular weight excluding hydrogens is 256 g/mol. The summed E-state index contributed by atoms with van der Waals surface area (Å²) in [5.74, 6) is 0. The molecule has 1 fully saturated rings. The van der Waals surface area contributed by atoms with Gasteiger partial charge in [0.2, 0.25) is 0 Å². The molecule has 1 aromatic rings. The number of halogens is 1. The first-order chi connectivity index (χ1) is 8.16. The molecule has 0 amide bonds. The normalized spacial score (nSPS) is 21.4. The van der Waals surface area contributed by atoms with Crippen LogP contribution in [0.15, 0.2) is 12.1 Å². The van der Waals surface area contributed by atoms with Gasteiger partial charge in [-0.2, -0.15) is 0 Å². The van der Waals surface area contributed by atoms with Gasteiger partial charge in [0.15, 0.2) is 0 Å². The smallest absolute Gasteiger partial charge is 0.0939 e. The zero-order valence-electron chi connectivity index (χ0n) is 10.1. The first-order valence-electron chi connectivity index (χ1n) is 6.14. The summed E-state index contributed by atoms with van der Waals surface area (Å²) in [4.78, 5) is 1.13. The van der Waals surface area contributed by atoms with Crippen molar-refractivity contribution >= 4 is 22.9 Å². The van der Waals surface area contributed by atoms with E-state index < -0.39 is 6.10 Å². The standard InChI is InChI=1S/C13H19ClO2S/c1-16-13(7-3-2-4-8-13)11(15)9-10-5-6-12(14)17-10/h5-6,11,15H,2-4,7-9H2,1H3. The van der Waals surface area contributed by atoms with Crippen LogP contribution in [0.1, 0.15) is 37.0 Å². The van der Waals surface area contributed by atoms with Crippen LogP contribution in [-0.2, 0) is 11.2 Å². The number of aliphatic hydroxyl groups is 1. The maximum absolute atomic E-state index is 10.4. The lowest BCUT2D eigenvalue weighted by atomic mass is 9.79. The van der Waals surface area contributed by atoms with Gasteiger partial charge in [0.1, 0.15) is 0 Å². The minimum atomic E-state index is -0.428. The average Bonchev–Trinajstić information content (AvgIpc) is 2.75. The summed E-state index contributed by atoms with van der Waals surface area (Å²) in [6.45, 7) is 0. The molecule has 0 bridgehead atoms. The van der Waals surface area contributed by atoms with Crippen LogP contribution in [0.3, 0.4) is 0 Å². The molecule has 0 saturated heterocycles. The van der Waals surface area contributed by atoms with Gasteiger partial charge in [-0.05, 0) is 25.0 Å². The number of aliphatic hydroxyl groups excluding tert-OH is 1. The number of hydrogen-bond donors (Lipinski definition) is 1. The Hall–Kier alpha value is -0.0900. The Bertz CT molecular complexity index is 358. The molecule has 1 atom stereocenters. The third-order valence-corrected chi connectivity index (χ3v) is 4.99. The second-order valence-corrected chi connectivity index (χ2v) is 6.55. The van der Waals surface area contributed by atoms with E-state index in [1.54, 1.807) is 7.11 Å². The highest BCUT2D eigenvalue weighted by molar-refractivity contribution is 7.16. The molecular formula is C13H19ClO2S. The van der Waals surface area contributed by atoms with E-state index in [1.165, 1.54) is 17.8 Å². The van der Waals surface area contributed by atoms with Crippen LogP contribution in [0, 0.1) is 0 Å². The van der Waals surface area contributed by atoms with Crippen molar-refractivity contribution in [1.82, 2.24) is 0 Å². The van der Waals surface area contributed by atoms with Crippen molar-refractivity contribution in [2.75, 3.05) is 7.11 Å². The monoisotopic (exact) mass is 274 g/mol. The molecule has 1 aromatic heterocycles. The summed E-state index contributed by atoms with van der Waals surface area (Å²) in [5.41, 5.74) is -0.339. The number of thiophene rings is 1. The minimum absolute atomic E-state index is 0.339. The van der Waals surface area contributed by atoms with Gasteiger partial charge in [-0.15, -0.1) is 11.3 Å². The van der Waals surface area contributed by atoms with Crippen LogP contribution in [0.5, 0.6) is 0 Å². The number of rotatable bonds is 4. The Morgan fingerprint density at radius 3 is 2.65 bits per heavy atom. The van der Waals surface area contributed by atoms with Crippen molar-refractivity contribution in [3.8, 4) is 0 Å². The summed E-state index contributed by atoms with van der Waals surface area (Å²) in [6.07, 6.45) is 5.69. The number of ether oxygens (including phenoxy) is 1. The molecule has 0 aromatic carbocycles. The van der Waals surface area contributed by atoms with E-state index in [0.717, 1.165) is 34.9 Å². The molecule has 1 heterocycles. The summed E-state index contributed by atoms with van der Waals surface area (Å²) >= 11 is 7.44. The average molecular weight is 275 g/mol. The maximum atomic E-state index is 10.4. The van der Waals surface area contributed by atoms with E-state index in [1.807, 2.05) is 12.1 Å². The molecule has 0 spiro atoms. The topological polar surface area (TPSA) is 29.5 Å². The lowest BCUT2D eigenvalue weighted by Gasteiger charge is -2.39. The van der Waals surface area contributed by atoms with Gasteiger partial charge in [-0.3, -0.25) is 0 Å². The van der Waals surface area contributed by atoms with Crippen molar-refractivity contribution in [3.63, 3.8) is 0 Å². The molecule has 96 valence electrons. The minimum Gasteiger partial charge on any atom is -0.390 e. The van der Waals surface area contributed by atoms with Gasteiger partial charge in [0, 0.05) is 18.4 Å². The van der Waals surface area contributed by atoms with Crippen LogP contribution in [0.4, 0.5) is 0 Å². The van der Waals surface area contributed by atoms with Crippen molar-refractivity contribution in [1.29, 1.82) is 0 Å². The highest BCUT2D eigenvalue weighted by Gasteiger charge is 2.39. The molecule has 1 N–H and O–H groups in total. The molecule has 1 unspecified atom stereocenters. The zero-order valence-corrected chi connectivity index (χ0v) is 11.7. The first kappa shape index (κ1) is 13.3. The van der Waals surface area contributed by atoms with Crippen molar-refractivity contribution in [2.24, 2.45) is 0 Å². The Balaban J connectivity index is 2.04. The zero-order chi connectivity index (χ0) is 12.3. The summed E-state index contributed by atoms with van der Waals surface area (Å²) in [7, 11) is 1.72. The molecule has 1 aliphatic carbocycles. The summed E-state index contributed by atoms with van der Waals surface area (Å²) in [5, 5.41) is 10.4. The Kier molecular flexibility index (Phi) is 4.47. The van der Waals surface area contributed by atoms with Crippen molar-refractivity contribution < 1.29 is 9.84 Å². The van der Waals surface area contributed by atoms with E-state index >= 15 is 0 Å². The second kappa shape index (κ2) is 5.70. The van der Waals surface area contributed by atoms with Crippen molar-refractivity contribution in [3.05, 3.63) is 21.3 Å². The van der Waals surface area contributed by atoms with Crippen LogP contribution in [0.2, 0.25) is 4.34 Å². The number of hydrogen-bond acceptors (Lipinski definition) is 3. The Morgan fingerprint density at radius 2 is 2.12 bits per heavy atom. The predicted molar refractivity (Wildman–Crippen MR) is 71.9 cm³/mol. The highest BCUT2D eigenvalue weighted by Crippen LogP contribution is 2.36. The van der Waals surface area contributed by atoms with Crippen LogP contribution in [-0.4, -0.2) is 23.9 Å². The predicted octanol–water partition coefficient (Wildman–Crippen LogP) is 3.65. The fourth-order valence-corrected chi connectivity index (χ4v) is 3.79. The molecule has 0 aliphatic heterocycles. The van der Waals surface area contributed by atoms with Crippen molar-refractivity contribution in [2.45, 2.75) is 50.2 Å². The fourth-order valence-electron chi connectivity index (χ4n) is 2.66. The van der Waals surface area contributed by atoms with Gasteiger partial charge in [-0.1, -0.05) is 30.9 Å². The van der Waals surface area contributed by atoms with E-state index in [2.05, 4.69) is 0 Å². The number of methoxy groups -OCH3 is 1. The fraction of sp³-hybridized carbons (Fsp3) is 0.692. The third-order valence-electron chi connectivity index (χ3n) is 3.74. The maximum Gasteiger partial charge on any atom is 0.0939 e. The molecule has 4 heteroatoms. The van der Waals surface area contributed by atoms with E-state index in [0.29, 0.717) is 6.42 Å². The van der Waals surface area contributed by atoms with Gasteiger partial charge in [0.05, 0.1) is 16.0 Å².